The van der Waals surface area contributed by atoms with Crippen LogP contribution < -0.4 is 5.32 Å². The third-order valence-electron chi connectivity index (χ3n) is 4.23. The van der Waals surface area contributed by atoms with Crippen LogP contribution in [-0.4, -0.2) is 35.0 Å². The summed E-state index contributed by atoms with van der Waals surface area (Å²) in [5.74, 6) is -0.270. The first-order valence-electron chi connectivity index (χ1n) is 7.94. The SMILES string of the molecule is O=C(NCCN1C(=O)S/C(=C\c2ccc(Cl)c(Cl)c2)C1=O)C1CCC1. The van der Waals surface area contributed by atoms with Crippen LogP contribution in [0, 0.1) is 5.92 Å². The van der Waals surface area contributed by atoms with Gasteiger partial charge in [0.15, 0.2) is 0 Å². The predicted molar refractivity (Wildman–Crippen MR) is 99.5 cm³/mol. The smallest absolute Gasteiger partial charge is 0.293 e. The molecule has 0 atom stereocenters. The van der Waals surface area contributed by atoms with Crippen LogP contribution in [0.1, 0.15) is 24.8 Å². The highest BCUT2D eigenvalue weighted by Crippen LogP contribution is 2.33. The van der Waals surface area contributed by atoms with Crippen LogP contribution in [0.4, 0.5) is 4.79 Å². The van der Waals surface area contributed by atoms with Gasteiger partial charge in [-0.15, -0.1) is 0 Å². The molecule has 1 aromatic rings. The first kappa shape index (κ1) is 18.3. The lowest BCUT2D eigenvalue weighted by Crippen LogP contribution is -2.40. The van der Waals surface area contributed by atoms with Gasteiger partial charge in [0.1, 0.15) is 0 Å². The molecule has 1 aliphatic carbocycles. The quantitative estimate of drug-likeness (QED) is 0.762. The Morgan fingerprint density at radius 1 is 1.28 bits per heavy atom. The number of amides is 3. The van der Waals surface area contributed by atoms with E-state index in [1.165, 1.54) is 0 Å². The minimum atomic E-state index is -0.362. The van der Waals surface area contributed by atoms with Crippen molar-refractivity contribution in [2.24, 2.45) is 5.92 Å². The van der Waals surface area contributed by atoms with Crippen LogP contribution in [0.25, 0.3) is 6.08 Å². The van der Waals surface area contributed by atoms with Crippen LogP contribution in [0.3, 0.4) is 0 Å². The zero-order valence-corrected chi connectivity index (χ0v) is 15.6. The molecule has 1 N–H and O–H groups in total. The summed E-state index contributed by atoms with van der Waals surface area (Å²) in [7, 11) is 0. The Morgan fingerprint density at radius 2 is 2.04 bits per heavy atom. The highest BCUT2D eigenvalue weighted by atomic mass is 35.5. The number of rotatable bonds is 5. The van der Waals surface area contributed by atoms with Crippen LogP contribution in [0.2, 0.25) is 10.0 Å². The molecule has 132 valence electrons. The third kappa shape index (κ3) is 4.19. The van der Waals surface area contributed by atoms with Crippen LogP contribution >= 0.6 is 35.0 Å². The maximum absolute atomic E-state index is 12.4. The normalized spacial score (nSPS) is 19.4. The van der Waals surface area contributed by atoms with Crippen molar-refractivity contribution in [2.45, 2.75) is 19.3 Å². The molecule has 1 saturated heterocycles. The lowest BCUT2D eigenvalue weighted by Gasteiger charge is -2.24. The molecule has 8 heteroatoms. The van der Waals surface area contributed by atoms with E-state index in [1.807, 2.05) is 0 Å². The Labute approximate surface area is 159 Å². The van der Waals surface area contributed by atoms with Crippen molar-refractivity contribution >= 4 is 58.1 Å². The minimum absolute atomic E-state index is 0.00423. The van der Waals surface area contributed by atoms with E-state index in [1.54, 1.807) is 24.3 Å². The molecule has 2 fully saturated rings. The van der Waals surface area contributed by atoms with Gasteiger partial charge in [0, 0.05) is 19.0 Å². The van der Waals surface area contributed by atoms with E-state index >= 15 is 0 Å². The second kappa shape index (κ2) is 7.81. The fraction of sp³-hybridized carbons (Fsp3) is 0.353. The lowest BCUT2D eigenvalue weighted by atomic mass is 9.85. The number of nitrogens with one attached hydrogen (secondary N) is 1. The molecule has 0 aromatic heterocycles. The number of imide groups is 1. The van der Waals surface area contributed by atoms with Crippen LogP contribution in [-0.2, 0) is 9.59 Å². The van der Waals surface area contributed by atoms with Gasteiger partial charge in [0.2, 0.25) is 5.91 Å². The summed E-state index contributed by atoms with van der Waals surface area (Å²) in [6.45, 7) is 0.440. The first-order chi connectivity index (χ1) is 12.0. The van der Waals surface area contributed by atoms with E-state index in [0.717, 1.165) is 35.9 Å². The summed E-state index contributed by atoms with van der Waals surface area (Å²) in [6, 6.07) is 4.99. The number of carbonyl (C=O) groups excluding carboxylic acids is 3. The molecule has 0 unspecified atom stereocenters. The highest BCUT2D eigenvalue weighted by Gasteiger charge is 2.35. The van der Waals surface area contributed by atoms with Gasteiger partial charge in [-0.25, -0.2) is 0 Å². The van der Waals surface area contributed by atoms with E-state index in [4.69, 9.17) is 23.2 Å². The molecule has 0 radical (unpaired) electrons. The summed E-state index contributed by atoms with van der Waals surface area (Å²) in [5, 5.41) is 3.25. The Hall–Kier alpha value is -1.50. The lowest BCUT2D eigenvalue weighted by molar-refractivity contribution is -0.128. The average molecular weight is 399 g/mol. The predicted octanol–water partition coefficient (Wildman–Crippen LogP) is 3.95. The third-order valence-corrected chi connectivity index (χ3v) is 5.87. The van der Waals surface area contributed by atoms with E-state index in [0.29, 0.717) is 20.5 Å². The molecule has 3 rings (SSSR count). The summed E-state index contributed by atoms with van der Waals surface area (Å²) in [5.41, 5.74) is 0.693. The molecule has 1 heterocycles. The monoisotopic (exact) mass is 398 g/mol. The Kier molecular flexibility index (Phi) is 5.71. The molecule has 25 heavy (non-hydrogen) atoms. The van der Waals surface area contributed by atoms with Gasteiger partial charge < -0.3 is 5.32 Å². The largest absolute Gasteiger partial charge is 0.354 e. The molecular formula is C17H16Cl2N2O3S. The van der Waals surface area contributed by atoms with Gasteiger partial charge in [-0.2, -0.15) is 0 Å². The number of nitrogens with zero attached hydrogens (tertiary/aromatic N) is 1. The van der Waals surface area contributed by atoms with Crippen molar-refractivity contribution < 1.29 is 14.4 Å². The maximum atomic E-state index is 12.4. The first-order valence-corrected chi connectivity index (χ1v) is 9.51. The maximum Gasteiger partial charge on any atom is 0.293 e. The zero-order chi connectivity index (χ0) is 18.0. The Bertz CT molecular complexity index is 762. The standard InChI is InChI=1S/C17H16Cl2N2O3S/c18-12-5-4-10(8-13(12)19)9-14-16(23)21(17(24)25-14)7-6-20-15(22)11-2-1-3-11/h4-5,8-9,11H,1-3,6-7H2,(H,20,22)/b14-9-. The number of hydrogen-bond acceptors (Lipinski definition) is 4. The van der Waals surface area contributed by atoms with Gasteiger partial charge in [0.25, 0.3) is 11.1 Å². The number of benzene rings is 1. The topological polar surface area (TPSA) is 66.5 Å². The molecular weight excluding hydrogens is 383 g/mol. The number of carbonyl (C=O) groups is 3. The fourth-order valence-corrected chi connectivity index (χ4v) is 3.72. The molecule has 2 aliphatic rings. The number of thioether (sulfide) groups is 1. The molecule has 0 spiro atoms. The Morgan fingerprint density at radius 3 is 2.68 bits per heavy atom. The molecule has 1 aromatic carbocycles. The van der Waals surface area contributed by atoms with Crippen molar-refractivity contribution in [1.29, 1.82) is 0 Å². The second-order valence-corrected chi connectivity index (χ2v) is 7.73. The zero-order valence-electron chi connectivity index (χ0n) is 13.3. The minimum Gasteiger partial charge on any atom is -0.354 e. The highest BCUT2D eigenvalue weighted by molar-refractivity contribution is 8.18. The summed E-state index contributed by atoms with van der Waals surface area (Å²) >= 11 is 12.7. The molecule has 1 saturated carbocycles. The molecule has 0 bridgehead atoms. The van der Waals surface area contributed by atoms with Crippen LogP contribution in [0.15, 0.2) is 23.1 Å². The summed E-state index contributed by atoms with van der Waals surface area (Å²) in [6.07, 6.45) is 4.53. The molecule has 5 nitrogen and oxygen atoms in total. The van der Waals surface area contributed by atoms with Crippen LogP contribution in [0.5, 0.6) is 0 Å². The van der Waals surface area contributed by atoms with Crippen molar-refractivity contribution in [2.75, 3.05) is 13.1 Å². The van der Waals surface area contributed by atoms with Gasteiger partial charge in [-0.3, -0.25) is 19.3 Å². The Balaban J connectivity index is 1.60. The van der Waals surface area contributed by atoms with E-state index in [9.17, 15) is 14.4 Å². The van der Waals surface area contributed by atoms with E-state index < -0.39 is 0 Å². The molecule has 3 amide bonds. The van der Waals surface area contributed by atoms with Crippen molar-refractivity contribution in [3.8, 4) is 0 Å². The van der Waals surface area contributed by atoms with Crippen molar-refractivity contribution in [3.63, 3.8) is 0 Å². The fourth-order valence-electron chi connectivity index (χ4n) is 2.55. The van der Waals surface area contributed by atoms with E-state index in [2.05, 4.69) is 5.32 Å². The van der Waals surface area contributed by atoms with Gasteiger partial charge >= 0.3 is 0 Å². The summed E-state index contributed by atoms with van der Waals surface area (Å²) in [4.78, 5) is 37.7. The van der Waals surface area contributed by atoms with Gasteiger partial charge in [-0.05, 0) is 48.4 Å². The van der Waals surface area contributed by atoms with E-state index in [-0.39, 0.29) is 36.1 Å². The average Bonchev–Trinajstić information content (AvgIpc) is 2.76. The summed E-state index contributed by atoms with van der Waals surface area (Å²) < 4.78 is 0. The number of halogens is 2. The van der Waals surface area contributed by atoms with Crippen molar-refractivity contribution in [1.82, 2.24) is 10.2 Å². The molecule has 1 aliphatic heterocycles. The van der Waals surface area contributed by atoms with Crippen molar-refractivity contribution in [3.05, 3.63) is 38.7 Å². The number of hydrogen-bond donors (Lipinski definition) is 1. The van der Waals surface area contributed by atoms with Gasteiger partial charge in [0.05, 0.1) is 15.0 Å². The van der Waals surface area contributed by atoms with Gasteiger partial charge in [-0.1, -0.05) is 35.7 Å². The second-order valence-electron chi connectivity index (χ2n) is 5.93.